The molecule has 0 aliphatic carbocycles. The van der Waals surface area contributed by atoms with Crippen LogP contribution in [-0.2, 0) is 6.54 Å². The molecule has 0 aliphatic heterocycles. The van der Waals surface area contributed by atoms with E-state index in [4.69, 9.17) is 11.6 Å². The van der Waals surface area contributed by atoms with Gasteiger partial charge in [-0.15, -0.1) is 0 Å². The Hall–Kier alpha value is -2.14. The van der Waals surface area contributed by atoms with E-state index in [2.05, 4.69) is 10.4 Å². The first-order chi connectivity index (χ1) is 10.1. The van der Waals surface area contributed by atoms with Crippen LogP contribution in [0.25, 0.3) is 0 Å². The van der Waals surface area contributed by atoms with Gasteiger partial charge in [0.25, 0.3) is 11.5 Å². The molecule has 0 aliphatic rings. The Morgan fingerprint density at radius 1 is 1.24 bits per heavy atom. The number of anilines is 1. The molecule has 1 amide bonds. The molecular weight excluding hydrogens is 290 g/mol. The molecule has 0 atom stereocenters. The van der Waals surface area contributed by atoms with Crippen LogP contribution >= 0.6 is 11.6 Å². The van der Waals surface area contributed by atoms with E-state index in [0.717, 1.165) is 12.8 Å². The lowest BCUT2D eigenvalue weighted by Gasteiger charge is -2.07. The molecule has 1 aromatic carbocycles. The van der Waals surface area contributed by atoms with Gasteiger partial charge in [0.2, 0.25) is 0 Å². The van der Waals surface area contributed by atoms with Crippen LogP contribution in [0.4, 0.5) is 5.69 Å². The third-order valence-electron chi connectivity index (χ3n) is 2.92. The number of benzene rings is 1. The van der Waals surface area contributed by atoms with Crippen molar-refractivity contribution >= 4 is 23.2 Å². The Balaban J connectivity index is 2.15. The molecule has 6 heteroatoms. The zero-order valence-electron chi connectivity index (χ0n) is 11.7. The molecule has 0 unspecified atom stereocenters. The van der Waals surface area contributed by atoms with Crippen LogP contribution in [0, 0.1) is 0 Å². The van der Waals surface area contributed by atoms with E-state index in [1.165, 1.54) is 16.8 Å². The van der Waals surface area contributed by atoms with Crippen LogP contribution in [-0.4, -0.2) is 15.7 Å². The van der Waals surface area contributed by atoms with Gasteiger partial charge in [-0.25, -0.2) is 4.68 Å². The number of hydrogen-bond acceptors (Lipinski definition) is 3. The topological polar surface area (TPSA) is 64.0 Å². The molecule has 1 N–H and O–H groups in total. The number of unbranched alkanes of at least 4 members (excludes halogenated alkanes) is 1. The van der Waals surface area contributed by atoms with Gasteiger partial charge in [-0.1, -0.05) is 24.9 Å². The van der Waals surface area contributed by atoms with E-state index < -0.39 is 0 Å². The minimum Gasteiger partial charge on any atom is -0.321 e. The number of nitrogens with one attached hydrogen (secondary N) is 1. The van der Waals surface area contributed by atoms with Crippen LogP contribution in [0.3, 0.4) is 0 Å². The Labute approximate surface area is 127 Å². The number of nitrogens with zero attached hydrogens (tertiary/aromatic N) is 2. The summed E-state index contributed by atoms with van der Waals surface area (Å²) in [4.78, 5) is 23.8. The quantitative estimate of drug-likeness (QED) is 0.923. The average molecular weight is 306 g/mol. The van der Waals surface area contributed by atoms with Crippen molar-refractivity contribution in [3.05, 3.63) is 57.5 Å². The summed E-state index contributed by atoms with van der Waals surface area (Å²) in [5.41, 5.74) is 0.629. The molecule has 0 fully saturated rings. The molecule has 21 heavy (non-hydrogen) atoms. The van der Waals surface area contributed by atoms with Crippen molar-refractivity contribution in [2.45, 2.75) is 26.3 Å². The SMILES string of the molecule is CCCCn1nc(C(=O)Nc2ccc(Cl)cc2)ccc1=O. The summed E-state index contributed by atoms with van der Waals surface area (Å²) in [5, 5.41) is 7.40. The Morgan fingerprint density at radius 3 is 2.62 bits per heavy atom. The standard InChI is InChI=1S/C15H16ClN3O2/c1-2-3-10-19-14(20)9-8-13(18-19)15(21)17-12-6-4-11(16)5-7-12/h4-9H,2-3,10H2,1H3,(H,17,21). The van der Waals surface area contributed by atoms with Crippen molar-refractivity contribution in [3.8, 4) is 0 Å². The minimum atomic E-state index is -0.359. The Kier molecular flexibility index (Phi) is 5.11. The molecule has 110 valence electrons. The van der Waals surface area contributed by atoms with E-state index in [1.54, 1.807) is 24.3 Å². The number of carbonyl (C=O) groups is 1. The maximum absolute atomic E-state index is 12.1. The van der Waals surface area contributed by atoms with Crippen molar-refractivity contribution in [2.75, 3.05) is 5.32 Å². The first-order valence-corrected chi connectivity index (χ1v) is 7.13. The molecule has 2 rings (SSSR count). The van der Waals surface area contributed by atoms with Crippen molar-refractivity contribution in [1.82, 2.24) is 9.78 Å². The summed E-state index contributed by atoms with van der Waals surface area (Å²) >= 11 is 5.79. The lowest BCUT2D eigenvalue weighted by Crippen LogP contribution is -2.26. The Morgan fingerprint density at radius 2 is 1.95 bits per heavy atom. The summed E-state index contributed by atoms with van der Waals surface area (Å²) in [6, 6.07) is 9.57. The monoisotopic (exact) mass is 305 g/mol. The summed E-state index contributed by atoms with van der Waals surface area (Å²) in [5.74, 6) is -0.359. The van der Waals surface area contributed by atoms with Gasteiger partial charge in [-0.05, 0) is 36.8 Å². The van der Waals surface area contributed by atoms with E-state index in [-0.39, 0.29) is 17.2 Å². The van der Waals surface area contributed by atoms with Gasteiger partial charge in [0, 0.05) is 23.3 Å². The van der Waals surface area contributed by atoms with Crippen LogP contribution in [0.2, 0.25) is 5.02 Å². The minimum absolute atomic E-state index is 0.202. The molecule has 1 heterocycles. The van der Waals surface area contributed by atoms with Crippen LogP contribution in [0.5, 0.6) is 0 Å². The molecule has 2 aromatic rings. The lowest BCUT2D eigenvalue weighted by molar-refractivity contribution is 0.102. The molecule has 0 saturated heterocycles. The van der Waals surface area contributed by atoms with Crippen LogP contribution in [0.1, 0.15) is 30.3 Å². The largest absolute Gasteiger partial charge is 0.321 e. The van der Waals surface area contributed by atoms with Crippen LogP contribution in [0.15, 0.2) is 41.2 Å². The van der Waals surface area contributed by atoms with E-state index in [9.17, 15) is 9.59 Å². The van der Waals surface area contributed by atoms with Crippen LogP contribution < -0.4 is 10.9 Å². The van der Waals surface area contributed by atoms with Gasteiger partial charge in [0.15, 0.2) is 0 Å². The fourth-order valence-corrected chi connectivity index (χ4v) is 1.89. The van der Waals surface area contributed by atoms with E-state index >= 15 is 0 Å². The van der Waals surface area contributed by atoms with Gasteiger partial charge >= 0.3 is 0 Å². The summed E-state index contributed by atoms with van der Waals surface area (Å²) in [6.07, 6.45) is 1.80. The van der Waals surface area contributed by atoms with Gasteiger partial charge < -0.3 is 5.32 Å². The van der Waals surface area contributed by atoms with Gasteiger partial charge in [0.05, 0.1) is 0 Å². The molecule has 0 bridgehead atoms. The van der Waals surface area contributed by atoms with Crippen molar-refractivity contribution in [3.63, 3.8) is 0 Å². The highest BCUT2D eigenvalue weighted by molar-refractivity contribution is 6.30. The molecule has 0 radical (unpaired) electrons. The van der Waals surface area contributed by atoms with Crippen molar-refractivity contribution in [1.29, 1.82) is 0 Å². The average Bonchev–Trinajstić information content (AvgIpc) is 2.48. The third-order valence-corrected chi connectivity index (χ3v) is 3.18. The number of rotatable bonds is 5. The second-order valence-electron chi connectivity index (χ2n) is 4.59. The zero-order valence-corrected chi connectivity index (χ0v) is 12.4. The van der Waals surface area contributed by atoms with Gasteiger partial charge in [-0.2, -0.15) is 5.10 Å². The van der Waals surface area contributed by atoms with Crippen molar-refractivity contribution in [2.24, 2.45) is 0 Å². The highest BCUT2D eigenvalue weighted by atomic mass is 35.5. The smallest absolute Gasteiger partial charge is 0.276 e. The lowest BCUT2D eigenvalue weighted by atomic mass is 10.3. The highest BCUT2D eigenvalue weighted by Crippen LogP contribution is 2.13. The second kappa shape index (κ2) is 7.04. The number of hydrogen-bond donors (Lipinski definition) is 1. The molecular formula is C15H16ClN3O2. The summed E-state index contributed by atoms with van der Waals surface area (Å²) in [7, 11) is 0. The maximum atomic E-state index is 12.1. The van der Waals surface area contributed by atoms with Crippen molar-refractivity contribution < 1.29 is 4.79 Å². The number of amides is 1. The first-order valence-electron chi connectivity index (χ1n) is 6.75. The zero-order chi connectivity index (χ0) is 15.2. The Bertz CT molecular complexity index is 680. The van der Waals surface area contributed by atoms with E-state index in [1.807, 2.05) is 6.92 Å². The summed E-state index contributed by atoms with van der Waals surface area (Å²) < 4.78 is 1.32. The van der Waals surface area contributed by atoms with E-state index in [0.29, 0.717) is 17.3 Å². The van der Waals surface area contributed by atoms with Gasteiger partial charge in [0.1, 0.15) is 5.69 Å². The number of aromatic nitrogens is 2. The maximum Gasteiger partial charge on any atom is 0.276 e. The fraction of sp³-hybridized carbons (Fsp3) is 0.267. The fourth-order valence-electron chi connectivity index (χ4n) is 1.77. The molecule has 5 nitrogen and oxygen atoms in total. The number of halogens is 1. The summed E-state index contributed by atoms with van der Waals surface area (Å²) in [6.45, 7) is 2.54. The van der Waals surface area contributed by atoms with Gasteiger partial charge in [-0.3, -0.25) is 9.59 Å². The first kappa shape index (κ1) is 15.3. The third kappa shape index (κ3) is 4.16. The predicted octanol–water partition coefficient (Wildman–Crippen LogP) is 2.95. The predicted molar refractivity (Wildman–Crippen MR) is 82.8 cm³/mol. The number of carbonyl (C=O) groups excluding carboxylic acids is 1. The normalized spacial score (nSPS) is 10.4. The second-order valence-corrected chi connectivity index (χ2v) is 5.03. The molecule has 0 spiro atoms. The molecule has 1 aromatic heterocycles. The molecule has 0 saturated carbocycles. The number of aryl methyl sites for hydroxylation is 1. The highest BCUT2D eigenvalue weighted by Gasteiger charge is 2.10.